The fraction of sp³-hybridized carbons (Fsp3) is 0.400. The third-order valence-corrected chi connectivity index (χ3v) is 2.83. The lowest BCUT2D eigenvalue weighted by Crippen LogP contribution is -2.20. The van der Waals surface area contributed by atoms with E-state index in [1.54, 1.807) is 13.0 Å². The summed E-state index contributed by atoms with van der Waals surface area (Å²) in [5.74, 6) is 0. The van der Waals surface area contributed by atoms with E-state index in [0.717, 1.165) is 18.4 Å². The molecule has 0 aliphatic heterocycles. The van der Waals surface area contributed by atoms with Gasteiger partial charge in [-0.3, -0.25) is 10.1 Å². The van der Waals surface area contributed by atoms with Crippen molar-refractivity contribution in [3.8, 4) is 0 Å². The van der Waals surface area contributed by atoms with E-state index < -0.39 is 0 Å². The highest BCUT2D eigenvalue weighted by molar-refractivity contribution is 5.49. The Morgan fingerprint density at radius 2 is 2.14 bits per heavy atom. The lowest BCUT2D eigenvalue weighted by Gasteiger charge is -2.11. The van der Waals surface area contributed by atoms with E-state index in [4.69, 9.17) is 5.73 Å². The second-order valence-corrected chi connectivity index (χ2v) is 3.86. The lowest BCUT2D eigenvalue weighted by molar-refractivity contribution is -0.385. The summed E-state index contributed by atoms with van der Waals surface area (Å²) in [7, 11) is 0. The van der Waals surface area contributed by atoms with Crippen molar-refractivity contribution in [2.45, 2.75) is 25.3 Å². The zero-order valence-corrected chi connectivity index (χ0v) is 7.99. The molecule has 1 aromatic carbocycles. The summed E-state index contributed by atoms with van der Waals surface area (Å²) >= 11 is 0. The van der Waals surface area contributed by atoms with E-state index in [2.05, 4.69) is 0 Å². The Kier molecular flexibility index (Phi) is 1.82. The van der Waals surface area contributed by atoms with Gasteiger partial charge in [0.05, 0.1) is 4.92 Å². The highest BCUT2D eigenvalue weighted by Gasteiger charge is 2.42. The van der Waals surface area contributed by atoms with Gasteiger partial charge in [-0.1, -0.05) is 12.1 Å². The number of nitrogens with two attached hydrogens (primary N) is 1. The number of benzene rings is 1. The Morgan fingerprint density at radius 3 is 2.64 bits per heavy atom. The molecule has 4 heteroatoms. The number of nitrogens with zero attached hydrogens (tertiary/aromatic N) is 1. The van der Waals surface area contributed by atoms with Crippen molar-refractivity contribution < 1.29 is 4.92 Å². The molecule has 0 radical (unpaired) electrons. The molecule has 74 valence electrons. The van der Waals surface area contributed by atoms with Gasteiger partial charge in [0.2, 0.25) is 0 Å². The van der Waals surface area contributed by atoms with E-state index in [0.29, 0.717) is 5.56 Å². The Hall–Kier alpha value is -1.42. The molecule has 0 amide bonds. The topological polar surface area (TPSA) is 69.2 Å². The second kappa shape index (κ2) is 2.78. The molecule has 0 saturated heterocycles. The largest absolute Gasteiger partial charge is 0.321 e. The minimum atomic E-state index is -0.357. The quantitative estimate of drug-likeness (QED) is 0.574. The summed E-state index contributed by atoms with van der Waals surface area (Å²) in [4.78, 5) is 10.3. The minimum absolute atomic E-state index is 0.166. The van der Waals surface area contributed by atoms with Crippen molar-refractivity contribution in [3.05, 3.63) is 39.4 Å². The van der Waals surface area contributed by atoms with Crippen molar-refractivity contribution in [1.29, 1.82) is 0 Å². The van der Waals surface area contributed by atoms with Crippen LogP contribution in [0.2, 0.25) is 0 Å². The van der Waals surface area contributed by atoms with Gasteiger partial charge in [-0.05, 0) is 25.3 Å². The average molecular weight is 192 g/mol. The van der Waals surface area contributed by atoms with Crippen LogP contribution in [0.25, 0.3) is 0 Å². The Labute approximate surface area is 81.9 Å². The van der Waals surface area contributed by atoms with Crippen molar-refractivity contribution in [3.63, 3.8) is 0 Å². The summed E-state index contributed by atoms with van der Waals surface area (Å²) in [5.41, 5.74) is 7.51. The molecule has 1 aromatic rings. The van der Waals surface area contributed by atoms with Gasteiger partial charge >= 0.3 is 0 Å². The molecule has 0 atom stereocenters. The van der Waals surface area contributed by atoms with Gasteiger partial charge in [-0.2, -0.15) is 0 Å². The first-order valence-electron chi connectivity index (χ1n) is 4.58. The van der Waals surface area contributed by atoms with Crippen LogP contribution in [-0.2, 0) is 5.54 Å². The Balaban J connectivity index is 2.52. The summed E-state index contributed by atoms with van der Waals surface area (Å²) < 4.78 is 0. The minimum Gasteiger partial charge on any atom is -0.321 e. The number of hydrogen-bond acceptors (Lipinski definition) is 3. The zero-order valence-electron chi connectivity index (χ0n) is 7.99. The van der Waals surface area contributed by atoms with Crippen molar-refractivity contribution in [2.24, 2.45) is 5.73 Å². The predicted octanol–water partition coefficient (Wildman–Crippen LogP) is 1.85. The molecule has 1 aliphatic rings. The highest BCUT2D eigenvalue weighted by Crippen LogP contribution is 2.45. The van der Waals surface area contributed by atoms with Gasteiger partial charge in [-0.25, -0.2) is 0 Å². The van der Waals surface area contributed by atoms with Crippen LogP contribution in [0.4, 0.5) is 5.69 Å². The third kappa shape index (κ3) is 1.28. The van der Waals surface area contributed by atoms with E-state index in [1.165, 1.54) is 6.07 Å². The lowest BCUT2D eigenvalue weighted by atomic mass is 9.99. The fourth-order valence-corrected chi connectivity index (χ4v) is 1.76. The molecular formula is C10H12N2O2. The molecule has 2 N–H and O–H groups in total. The molecule has 1 saturated carbocycles. The van der Waals surface area contributed by atoms with Crippen molar-refractivity contribution in [1.82, 2.24) is 0 Å². The van der Waals surface area contributed by atoms with Crippen molar-refractivity contribution >= 4 is 5.69 Å². The number of nitro benzene ring substituents is 1. The smallest absolute Gasteiger partial charge is 0.272 e. The first-order valence-corrected chi connectivity index (χ1v) is 4.58. The normalized spacial score (nSPS) is 17.9. The van der Waals surface area contributed by atoms with Gasteiger partial charge < -0.3 is 5.73 Å². The monoisotopic (exact) mass is 192 g/mol. The molecule has 1 aliphatic carbocycles. The molecule has 1 fully saturated rings. The van der Waals surface area contributed by atoms with Crippen LogP contribution in [0, 0.1) is 17.0 Å². The van der Waals surface area contributed by atoms with Crippen LogP contribution in [-0.4, -0.2) is 4.92 Å². The standard InChI is InChI=1S/C10H12N2O2/c1-7-8(10(11)5-6-10)3-2-4-9(7)12(13)14/h2-4H,5-6,11H2,1H3. The first-order chi connectivity index (χ1) is 6.54. The number of rotatable bonds is 2. The molecule has 2 rings (SSSR count). The zero-order chi connectivity index (χ0) is 10.3. The van der Waals surface area contributed by atoms with Crippen LogP contribution >= 0.6 is 0 Å². The van der Waals surface area contributed by atoms with Crippen LogP contribution in [0.1, 0.15) is 24.0 Å². The maximum atomic E-state index is 10.7. The average Bonchev–Trinajstić information content (AvgIpc) is 2.84. The predicted molar refractivity (Wildman–Crippen MR) is 52.9 cm³/mol. The molecule has 0 aromatic heterocycles. The van der Waals surface area contributed by atoms with E-state index in [9.17, 15) is 10.1 Å². The highest BCUT2D eigenvalue weighted by atomic mass is 16.6. The van der Waals surface area contributed by atoms with Crippen molar-refractivity contribution in [2.75, 3.05) is 0 Å². The number of hydrogen-bond donors (Lipinski definition) is 1. The van der Waals surface area contributed by atoms with Crippen LogP contribution < -0.4 is 5.73 Å². The number of nitro groups is 1. The summed E-state index contributed by atoms with van der Waals surface area (Å²) in [6.45, 7) is 1.76. The molecule has 0 spiro atoms. The molecule has 0 unspecified atom stereocenters. The summed E-state index contributed by atoms with van der Waals surface area (Å²) in [6.07, 6.45) is 1.85. The maximum absolute atomic E-state index is 10.7. The summed E-state index contributed by atoms with van der Waals surface area (Å²) in [6, 6.07) is 5.10. The molecule has 14 heavy (non-hydrogen) atoms. The second-order valence-electron chi connectivity index (χ2n) is 3.86. The van der Waals surface area contributed by atoms with Crippen LogP contribution in [0.15, 0.2) is 18.2 Å². The Morgan fingerprint density at radius 1 is 1.50 bits per heavy atom. The fourth-order valence-electron chi connectivity index (χ4n) is 1.76. The van der Waals surface area contributed by atoms with Gasteiger partial charge in [0.15, 0.2) is 0 Å². The maximum Gasteiger partial charge on any atom is 0.272 e. The summed E-state index contributed by atoms with van der Waals surface area (Å²) in [5, 5.41) is 10.7. The first kappa shape index (κ1) is 9.15. The molecule has 0 bridgehead atoms. The van der Waals surface area contributed by atoms with E-state index in [-0.39, 0.29) is 16.1 Å². The molecule has 0 heterocycles. The SMILES string of the molecule is Cc1c([N+](=O)[O-])cccc1C1(N)CC1. The van der Waals surface area contributed by atoms with E-state index >= 15 is 0 Å². The van der Waals surface area contributed by atoms with Gasteiger partial charge in [0.25, 0.3) is 5.69 Å². The Bertz CT molecular complexity index is 397. The van der Waals surface area contributed by atoms with E-state index in [1.807, 2.05) is 6.07 Å². The van der Waals surface area contributed by atoms with Crippen LogP contribution in [0.5, 0.6) is 0 Å². The third-order valence-electron chi connectivity index (χ3n) is 2.83. The van der Waals surface area contributed by atoms with Gasteiger partial charge in [0.1, 0.15) is 0 Å². The molecular weight excluding hydrogens is 180 g/mol. The molecule has 4 nitrogen and oxygen atoms in total. The van der Waals surface area contributed by atoms with Gasteiger partial charge in [-0.15, -0.1) is 0 Å². The van der Waals surface area contributed by atoms with Crippen LogP contribution in [0.3, 0.4) is 0 Å². The van der Waals surface area contributed by atoms with Gasteiger partial charge in [0, 0.05) is 17.2 Å².